The first-order chi connectivity index (χ1) is 18.8. The second kappa shape index (κ2) is 11.7. The average molecular weight is 539 g/mol. The third-order valence-corrected chi connectivity index (χ3v) is 10.3. The van der Waals surface area contributed by atoms with Crippen LogP contribution in [0.5, 0.6) is 0 Å². The number of piperidine rings is 1. The normalized spacial score (nSPS) is 25.4. The molecule has 0 amide bonds. The van der Waals surface area contributed by atoms with Crippen molar-refractivity contribution < 1.29 is 14.3 Å². The number of carboxylic acids is 1. The number of likely N-dealkylation sites (tertiary alicyclic amines) is 2. The van der Waals surface area contributed by atoms with Gasteiger partial charge in [0.05, 0.1) is 11.1 Å². The Labute approximate surface area is 233 Å². The van der Waals surface area contributed by atoms with Gasteiger partial charge in [0.25, 0.3) is 0 Å². The molecule has 0 bridgehead atoms. The molecule has 1 aromatic carbocycles. The largest absolute Gasteiger partial charge is 0.481 e. The SMILES string of the molecule is CCc1nn(CC)c(C2CCN(C(C)C3CN(CC4(C(=O)O)CCCC4)CC3c3cccc(F)c3)CC2)c1C. The Bertz CT molecular complexity index is 1150. The number of carboxylic acid groups (broad SMARTS) is 1. The van der Waals surface area contributed by atoms with E-state index in [4.69, 9.17) is 5.10 Å². The van der Waals surface area contributed by atoms with Gasteiger partial charge in [0.2, 0.25) is 0 Å². The van der Waals surface area contributed by atoms with Crippen molar-refractivity contribution >= 4 is 5.97 Å². The Balaban J connectivity index is 1.32. The molecule has 39 heavy (non-hydrogen) atoms. The fraction of sp³-hybridized carbons (Fsp3) is 0.688. The highest BCUT2D eigenvalue weighted by Crippen LogP contribution is 2.44. The summed E-state index contributed by atoms with van der Waals surface area (Å²) in [6.07, 6.45) is 6.77. The molecule has 2 aliphatic heterocycles. The zero-order valence-electron chi connectivity index (χ0n) is 24.3. The molecule has 1 aliphatic carbocycles. The summed E-state index contributed by atoms with van der Waals surface area (Å²) < 4.78 is 16.5. The number of carbonyl (C=O) groups is 1. The highest BCUT2D eigenvalue weighted by atomic mass is 19.1. The van der Waals surface area contributed by atoms with Crippen LogP contribution < -0.4 is 0 Å². The van der Waals surface area contributed by atoms with Crippen LogP contribution in [0.25, 0.3) is 0 Å². The van der Waals surface area contributed by atoms with Crippen LogP contribution in [0.1, 0.15) is 93.6 Å². The van der Waals surface area contributed by atoms with Gasteiger partial charge in [0.1, 0.15) is 5.82 Å². The van der Waals surface area contributed by atoms with E-state index in [1.54, 1.807) is 6.07 Å². The molecule has 3 unspecified atom stereocenters. The number of halogens is 1. The Morgan fingerprint density at radius 3 is 2.51 bits per heavy atom. The minimum Gasteiger partial charge on any atom is -0.481 e. The van der Waals surface area contributed by atoms with E-state index in [1.165, 1.54) is 23.0 Å². The van der Waals surface area contributed by atoms with Crippen molar-refractivity contribution in [3.63, 3.8) is 0 Å². The predicted molar refractivity (Wildman–Crippen MR) is 153 cm³/mol. The van der Waals surface area contributed by atoms with Crippen molar-refractivity contribution in [1.82, 2.24) is 19.6 Å². The molecule has 2 saturated heterocycles. The van der Waals surface area contributed by atoms with Gasteiger partial charge in [-0.1, -0.05) is 31.9 Å². The Morgan fingerprint density at radius 1 is 1.18 bits per heavy atom. The fourth-order valence-corrected chi connectivity index (χ4v) is 8.10. The lowest BCUT2D eigenvalue weighted by Crippen LogP contribution is -2.46. The average Bonchev–Trinajstić information content (AvgIpc) is 3.66. The molecular formula is C32H47FN4O2. The number of aromatic nitrogens is 2. The van der Waals surface area contributed by atoms with Crippen molar-refractivity contribution in [2.45, 2.75) is 97.1 Å². The molecule has 3 heterocycles. The van der Waals surface area contributed by atoms with E-state index < -0.39 is 11.4 Å². The summed E-state index contributed by atoms with van der Waals surface area (Å²) in [5.74, 6) is 0.249. The van der Waals surface area contributed by atoms with Gasteiger partial charge in [-0.05, 0) is 95.1 Å². The van der Waals surface area contributed by atoms with E-state index in [0.717, 1.165) is 83.2 Å². The number of hydrogen-bond donors (Lipinski definition) is 1. The van der Waals surface area contributed by atoms with Crippen LogP contribution in [0.2, 0.25) is 0 Å². The quantitative estimate of drug-likeness (QED) is 0.435. The molecule has 1 saturated carbocycles. The van der Waals surface area contributed by atoms with Crippen LogP contribution in [-0.4, -0.2) is 69.4 Å². The Kier molecular flexibility index (Phi) is 8.48. The summed E-state index contributed by atoms with van der Waals surface area (Å²) >= 11 is 0. The monoisotopic (exact) mass is 538 g/mol. The third-order valence-electron chi connectivity index (χ3n) is 10.3. The highest BCUT2D eigenvalue weighted by molar-refractivity contribution is 5.75. The third kappa shape index (κ3) is 5.54. The lowest BCUT2D eigenvalue weighted by molar-refractivity contribution is -0.149. The molecule has 3 atom stereocenters. The van der Waals surface area contributed by atoms with Gasteiger partial charge in [-0.25, -0.2) is 4.39 Å². The Hall–Kier alpha value is -2.25. The summed E-state index contributed by atoms with van der Waals surface area (Å²) in [6, 6.07) is 7.44. The summed E-state index contributed by atoms with van der Waals surface area (Å²) in [5.41, 5.74) is 4.47. The predicted octanol–water partition coefficient (Wildman–Crippen LogP) is 5.84. The smallest absolute Gasteiger partial charge is 0.310 e. The van der Waals surface area contributed by atoms with Gasteiger partial charge in [-0.2, -0.15) is 5.10 Å². The van der Waals surface area contributed by atoms with Crippen LogP contribution in [0.3, 0.4) is 0 Å². The molecular weight excluding hydrogens is 491 g/mol. The van der Waals surface area contributed by atoms with E-state index in [0.29, 0.717) is 24.4 Å². The number of benzene rings is 1. The molecule has 0 radical (unpaired) electrons. The molecule has 5 rings (SSSR count). The number of rotatable bonds is 9. The van der Waals surface area contributed by atoms with Crippen molar-refractivity contribution in [3.05, 3.63) is 52.6 Å². The summed E-state index contributed by atoms with van der Waals surface area (Å²) in [6.45, 7) is 14.3. The van der Waals surface area contributed by atoms with Crippen molar-refractivity contribution in [3.8, 4) is 0 Å². The lowest BCUT2D eigenvalue weighted by Gasteiger charge is -2.40. The molecule has 1 N–H and O–H groups in total. The van der Waals surface area contributed by atoms with Gasteiger partial charge >= 0.3 is 5.97 Å². The second-order valence-corrected chi connectivity index (χ2v) is 12.5. The minimum absolute atomic E-state index is 0.190. The molecule has 2 aromatic rings. The van der Waals surface area contributed by atoms with Crippen LogP contribution in [0.4, 0.5) is 4.39 Å². The summed E-state index contributed by atoms with van der Waals surface area (Å²) in [5, 5.41) is 15.0. The zero-order valence-corrected chi connectivity index (χ0v) is 24.3. The summed E-state index contributed by atoms with van der Waals surface area (Å²) in [7, 11) is 0. The molecule has 6 nitrogen and oxygen atoms in total. The van der Waals surface area contributed by atoms with E-state index in [1.807, 2.05) is 6.07 Å². The molecule has 0 spiro atoms. The maximum absolute atomic E-state index is 14.3. The van der Waals surface area contributed by atoms with Gasteiger partial charge in [-0.3, -0.25) is 9.48 Å². The van der Waals surface area contributed by atoms with E-state index in [2.05, 4.69) is 48.2 Å². The van der Waals surface area contributed by atoms with Crippen LogP contribution in [0, 0.1) is 24.1 Å². The van der Waals surface area contributed by atoms with Crippen LogP contribution in [-0.2, 0) is 17.8 Å². The number of hydrogen-bond acceptors (Lipinski definition) is 4. The Morgan fingerprint density at radius 2 is 1.90 bits per heavy atom. The summed E-state index contributed by atoms with van der Waals surface area (Å²) in [4.78, 5) is 17.3. The number of aryl methyl sites for hydroxylation is 2. The van der Waals surface area contributed by atoms with Gasteiger partial charge < -0.3 is 14.9 Å². The zero-order chi connectivity index (χ0) is 27.7. The first-order valence-electron chi connectivity index (χ1n) is 15.3. The molecule has 3 fully saturated rings. The molecule has 1 aromatic heterocycles. The highest BCUT2D eigenvalue weighted by Gasteiger charge is 2.47. The van der Waals surface area contributed by atoms with Gasteiger partial charge in [-0.15, -0.1) is 0 Å². The van der Waals surface area contributed by atoms with Gasteiger partial charge in [0.15, 0.2) is 0 Å². The van der Waals surface area contributed by atoms with Gasteiger partial charge in [0, 0.05) is 49.8 Å². The van der Waals surface area contributed by atoms with Crippen molar-refractivity contribution in [2.75, 3.05) is 32.7 Å². The molecule has 7 heteroatoms. The maximum Gasteiger partial charge on any atom is 0.310 e. The van der Waals surface area contributed by atoms with Crippen LogP contribution in [0.15, 0.2) is 24.3 Å². The number of aliphatic carboxylic acids is 1. The van der Waals surface area contributed by atoms with E-state index in [9.17, 15) is 14.3 Å². The fourth-order valence-electron chi connectivity index (χ4n) is 8.10. The first kappa shape index (κ1) is 28.3. The minimum atomic E-state index is -0.645. The molecule has 214 valence electrons. The van der Waals surface area contributed by atoms with E-state index in [-0.39, 0.29) is 11.7 Å². The molecule has 3 aliphatic rings. The standard InChI is InChI=1S/C32H47FN4O2/c1-5-29-22(3)30(37(6-2)34-29)24-12-16-36(17-13-24)23(4)27-19-35(21-32(31(38)39)14-7-8-15-32)20-28(27)25-10-9-11-26(33)18-25/h9-11,18,23-24,27-28H,5-8,12-17,19-21H2,1-4H3,(H,38,39). The first-order valence-corrected chi connectivity index (χ1v) is 15.3. The maximum atomic E-state index is 14.3. The van der Waals surface area contributed by atoms with E-state index >= 15 is 0 Å². The van der Waals surface area contributed by atoms with Crippen molar-refractivity contribution in [1.29, 1.82) is 0 Å². The van der Waals surface area contributed by atoms with Crippen LogP contribution >= 0.6 is 0 Å². The topological polar surface area (TPSA) is 61.6 Å². The second-order valence-electron chi connectivity index (χ2n) is 12.5. The lowest BCUT2D eigenvalue weighted by atomic mass is 9.82. The van der Waals surface area contributed by atoms with Crippen molar-refractivity contribution in [2.24, 2.45) is 11.3 Å². The number of nitrogens with zero attached hydrogens (tertiary/aromatic N) is 4.